The molecular formula is C28H29Cl2N7. The highest BCUT2D eigenvalue weighted by Gasteiger charge is 2.26. The Morgan fingerprint density at radius 1 is 0.811 bits per heavy atom. The molecule has 5 rings (SSSR count). The van der Waals surface area contributed by atoms with Crippen LogP contribution in [0.3, 0.4) is 0 Å². The van der Waals surface area contributed by atoms with Crippen LogP contribution in [0.25, 0.3) is 11.4 Å². The molecule has 0 spiro atoms. The van der Waals surface area contributed by atoms with Crippen molar-refractivity contribution in [3.8, 4) is 11.4 Å². The summed E-state index contributed by atoms with van der Waals surface area (Å²) in [6.07, 6.45) is 0. The average molecular weight is 534 g/mol. The lowest BCUT2D eigenvalue weighted by Crippen LogP contribution is -2.48. The minimum Gasteiger partial charge on any atom is -0.368 e. The third kappa shape index (κ3) is 6.37. The maximum atomic E-state index is 6.32. The van der Waals surface area contributed by atoms with Crippen LogP contribution in [0.4, 0.5) is 11.9 Å². The molecule has 7 nitrogen and oxygen atoms in total. The number of nitrogen functional groups attached to an aromatic ring is 1. The summed E-state index contributed by atoms with van der Waals surface area (Å²) in [6, 6.07) is 26.9. The van der Waals surface area contributed by atoms with Gasteiger partial charge in [-0.05, 0) is 29.3 Å². The normalized spacial score (nSPS) is 14.7. The SMILES string of the molecule is Nc1nc(NCCN2CCN(C(c3ccccc3)c3ccccc3)CC2)nc(-c2cc(Cl)ccc2Cl)n1. The Balaban J connectivity index is 1.19. The third-order valence-electron chi connectivity index (χ3n) is 6.54. The van der Waals surface area contributed by atoms with Crippen LogP contribution >= 0.6 is 23.2 Å². The second kappa shape index (κ2) is 11.9. The highest BCUT2D eigenvalue weighted by atomic mass is 35.5. The minimum atomic E-state index is 0.130. The monoisotopic (exact) mass is 533 g/mol. The van der Waals surface area contributed by atoms with E-state index in [4.69, 9.17) is 28.9 Å². The van der Waals surface area contributed by atoms with Gasteiger partial charge in [-0.15, -0.1) is 0 Å². The number of benzene rings is 3. The molecule has 1 aliphatic rings. The van der Waals surface area contributed by atoms with E-state index in [1.807, 2.05) is 0 Å². The lowest BCUT2D eigenvalue weighted by atomic mass is 9.96. The fourth-order valence-corrected chi connectivity index (χ4v) is 5.09. The van der Waals surface area contributed by atoms with Crippen molar-refractivity contribution < 1.29 is 0 Å². The van der Waals surface area contributed by atoms with Gasteiger partial charge in [-0.1, -0.05) is 83.9 Å². The number of hydrogen-bond acceptors (Lipinski definition) is 7. The zero-order valence-corrected chi connectivity index (χ0v) is 21.9. The summed E-state index contributed by atoms with van der Waals surface area (Å²) in [4.78, 5) is 18.0. The van der Waals surface area contributed by atoms with Crippen LogP contribution in [0.5, 0.6) is 0 Å². The van der Waals surface area contributed by atoms with Crippen LogP contribution in [0.15, 0.2) is 78.9 Å². The predicted molar refractivity (Wildman–Crippen MR) is 151 cm³/mol. The van der Waals surface area contributed by atoms with E-state index >= 15 is 0 Å². The Bertz CT molecular complexity index is 1270. The van der Waals surface area contributed by atoms with E-state index in [1.54, 1.807) is 18.2 Å². The van der Waals surface area contributed by atoms with Gasteiger partial charge in [-0.25, -0.2) is 0 Å². The van der Waals surface area contributed by atoms with Gasteiger partial charge in [0.1, 0.15) is 0 Å². The smallest absolute Gasteiger partial charge is 0.228 e. The van der Waals surface area contributed by atoms with Crippen molar-refractivity contribution in [3.63, 3.8) is 0 Å². The van der Waals surface area contributed by atoms with Gasteiger partial charge in [0.05, 0.1) is 11.1 Å². The van der Waals surface area contributed by atoms with Gasteiger partial charge in [-0.3, -0.25) is 9.80 Å². The van der Waals surface area contributed by atoms with E-state index in [2.05, 4.69) is 90.7 Å². The van der Waals surface area contributed by atoms with Crippen LogP contribution in [0.2, 0.25) is 10.0 Å². The minimum absolute atomic E-state index is 0.130. The van der Waals surface area contributed by atoms with Crippen molar-refractivity contribution in [2.75, 3.05) is 50.3 Å². The van der Waals surface area contributed by atoms with E-state index in [0.29, 0.717) is 33.9 Å². The second-order valence-electron chi connectivity index (χ2n) is 8.99. The largest absolute Gasteiger partial charge is 0.368 e. The predicted octanol–water partition coefficient (Wildman–Crippen LogP) is 5.25. The van der Waals surface area contributed by atoms with Crippen LogP contribution in [0.1, 0.15) is 17.2 Å². The van der Waals surface area contributed by atoms with E-state index < -0.39 is 0 Å². The maximum Gasteiger partial charge on any atom is 0.228 e. The molecule has 37 heavy (non-hydrogen) atoms. The topological polar surface area (TPSA) is 83.2 Å². The van der Waals surface area contributed by atoms with Gasteiger partial charge < -0.3 is 11.1 Å². The molecule has 0 bridgehead atoms. The second-order valence-corrected chi connectivity index (χ2v) is 9.84. The van der Waals surface area contributed by atoms with E-state index in [-0.39, 0.29) is 12.0 Å². The molecule has 1 fully saturated rings. The van der Waals surface area contributed by atoms with E-state index in [1.165, 1.54) is 11.1 Å². The molecule has 3 aromatic carbocycles. The molecule has 0 atom stereocenters. The molecule has 1 saturated heterocycles. The Morgan fingerprint density at radius 3 is 2.11 bits per heavy atom. The van der Waals surface area contributed by atoms with E-state index in [9.17, 15) is 0 Å². The molecule has 9 heteroatoms. The first-order chi connectivity index (χ1) is 18.1. The summed E-state index contributed by atoms with van der Waals surface area (Å²) >= 11 is 12.5. The first-order valence-electron chi connectivity index (χ1n) is 12.3. The molecule has 4 aromatic rings. The number of aromatic nitrogens is 3. The lowest BCUT2D eigenvalue weighted by molar-refractivity contribution is 0.112. The van der Waals surface area contributed by atoms with Crippen molar-refractivity contribution in [2.45, 2.75) is 6.04 Å². The molecular weight excluding hydrogens is 505 g/mol. The third-order valence-corrected chi connectivity index (χ3v) is 7.10. The van der Waals surface area contributed by atoms with Gasteiger partial charge in [0.25, 0.3) is 0 Å². The molecule has 2 heterocycles. The number of halogens is 2. The van der Waals surface area contributed by atoms with E-state index in [0.717, 1.165) is 32.7 Å². The number of piperazine rings is 1. The van der Waals surface area contributed by atoms with Gasteiger partial charge in [-0.2, -0.15) is 15.0 Å². The highest BCUT2D eigenvalue weighted by Crippen LogP contribution is 2.30. The fourth-order valence-electron chi connectivity index (χ4n) is 4.72. The van der Waals surface area contributed by atoms with Crippen molar-refractivity contribution in [1.29, 1.82) is 0 Å². The summed E-state index contributed by atoms with van der Waals surface area (Å²) in [6.45, 7) is 5.51. The molecule has 1 aromatic heterocycles. The van der Waals surface area contributed by atoms with Crippen LogP contribution in [-0.4, -0.2) is 64.0 Å². The number of rotatable bonds is 8. The fraction of sp³-hybridized carbons (Fsp3) is 0.250. The van der Waals surface area contributed by atoms with Crippen molar-refractivity contribution in [2.24, 2.45) is 0 Å². The van der Waals surface area contributed by atoms with Gasteiger partial charge in [0, 0.05) is 49.9 Å². The van der Waals surface area contributed by atoms with Gasteiger partial charge in [0.15, 0.2) is 5.82 Å². The average Bonchev–Trinajstić information content (AvgIpc) is 2.92. The Labute approximate surface area is 227 Å². The molecule has 0 saturated carbocycles. The van der Waals surface area contributed by atoms with Gasteiger partial charge >= 0.3 is 0 Å². The van der Waals surface area contributed by atoms with Gasteiger partial charge in [0.2, 0.25) is 11.9 Å². The summed E-state index contributed by atoms with van der Waals surface area (Å²) in [5.74, 6) is 0.944. The molecule has 0 amide bonds. The number of anilines is 2. The number of nitrogens with zero attached hydrogens (tertiary/aromatic N) is 5. The Morgan fingerprint density at radius 2 is 1.46 bits per heavy atom. The molecule has 0 unspecified atom stereocenters. The molecule has 3 N–H and O–H groups in total. The van der Waals surface area contributed by atoms with Crippen LogP contribution < -0.4 is 11.1 Å². The molecule has 0 aliphatic carbocycles. The zero-order valence-electron chi connectivity index (χ0n) is 20.4. The Hall–Kier alpha value is -3.23. The quantitative estimate of drug-likeness (QED) is 0.320. The summed E-state index contributed by atoms with van der Waals surface area (Å²) in [7, 11) is 0. The van der Waals surface area contributed by atoms with Crippen LogP contribution in [0, 0.1) is 0 Å². The first kappa shape index (κ1) is 25.4. The first-order valence-corrected chi connectivity index (χ1v) is 13.1. The van der Waals surface area contributed by atoms with Crippen molar-refractivity contribution in [1.82, 2.24) is 24.8 Å². The number of hydrogen-bond donors (Lipinski definition) is 2. The summed E-state index contributed by atoms with van der Waals surface area (Å²) < 4.78 is 0. The zero-order chi connectivity index (χ0) is 25.6. The molecule has 190 valence electrons. The number of nitrogens with two attached hydrogens (primary N) is 1. The van der Waals surface area contributed by atoms with Crippen molar-refractivity contribution >= 4 is 35.1 Å². The summed E-state index contributed by atoms with van der Waals surface area (Å²) in [5.41, 5.74) is 9.22. The Kier molecular flexibility index (Phi) is 8.16. The number of nitrogens with one attached hydrogen (secondary N) is 1. The van der Waals surface area contributed by atoms with Crippen molar-refractivity contribution in [3.05, 3.63) is 100 Å². The van der Waals surface area contributed by atoms with Crippen LogP contribution in [-0.2, 0) is 0 Å². The molecule has 0 radical (unpaired) electrons. The molecule has 1 aliphatic heterocycles. The standard InChI is InChI=1S/C28H29Cl2N7/c29-22-11-12-24(30)23(19-22)26-33-27(31)35-28(34-26)32-13-14-36-15-17-37(18-16-36)25(20-7-3-1-4-8-20)21-9-5-2-6-10-21/h1-12,19,25H,13-18H2,(H3,31,32,33,34,35). The highest BCUT2D eigenvalue weighted by molar-refractivity contribution is 6.35. The lowest BCUT2D eigenvalue weighted by Gasteiger charge is -2.39. The maximum absolute atomic E-state index is 6.32. The summed E-state index contributed by atoms with van der Waals surface area (Å²) in [5, 5.41) is 4.34.